The van der Waals surface area contributed by atoms with Gasteiger partial charge in [0.15, 0.2) is 0 Å². The summed E-state index contributed by atoms with van der Waals surface area (Å²) in [6.07, 6.45) is 11.3. The van der Waals surface area contributed by atoms with Crippen LogP contribution in [0, 0.1) is 29.1 Å². The Morgan fingerprint density at radius 2 is 2.03 bits per heavy atom. The predicted octanol–water partition coefficient (Wildman–Crippen LogP) is 6.59. The number of allylic oxidation sites excluding steroid dienone is 3. The average Bonchev–Trinajstić information content (AvgIpc) is 3.08. The van der Waals surface area contributed by atoms with Crippen molar-refractivity contribution in [1.82, 2.24) is 0 Å². The number of hydrogen-bond acceptors (Lipinski definition) is 2. The maximum Gasteiger partial charge on any atom is 0.0811 e. The molecule has 3 aliphatic rings. The summed E-state index contributed by atoms with van der Waals surface area (Å²) in [6.45, 7) is 3.79. The van der Waals surface area contributed by atoms with Gasteiger partial charge in [-0.1, -0.05) is 71.1 Å². The minimum absolute atomic E-state index is 0.193. The minimum atomic E-state index is -2.45. The molecule has 6 atom stereocenters. The largest absolute Gasteiger partial charge is 0.393 e. The van der Waals surface area contributed by atoms with E-state index in [4.69, 9.17) is 8.22 Å². The lowest BCUT2D eigenvalue weighted by Crippen LogP contribution is -2.36. The fourth-order valence-corrected chi connectivity index (χ4v) is 6.52. The van der Waals surface area contributed by atoms with Gasteiger partial charge in [0.05, 0.1) is 12.2 Å². The van der Waals surface area contributed by atoms with E-state index in [2.05, 4.69) is 32.6 Å². The summed E-state index contributed by atoms with van der Waals surface area (Å²) in [5.74, 6) is 0.207. The Morgan fingerprint density at radius 1 is 1.24 bits per heavy atom. The van der Waals surface area contributed by atoms with E-state index in [1.807, 2.05) is 0 Å². The van der Waals surface area contributed by atoms with Crippen molar-refractivity contribution in [3.63, 3.8) is 0 Å². The van der Waals surface area contributed by atoms with E-state index in [1.54, 1.807) is 0 Å². The van der Waals surface area contributed by atoms with E-state index in [0.29, 0.717) is 37.0 Å². The van der Waals surface area contributed by atoms with Gasteiger partial charge in [-0.05, 0) is 78.8 Å². The lowest BCUT2D eigenvalue weighted by Gasteiger charge is -2.44. The zero-order chi connectivity index (χ0) is 26.2. The van der Waals surface area contributed by atoms with Crippen molar-refractivity contribution >= 4 is 0 Å². The van der Waals surface area contributed by atoms with Crippen molar-refractivity contribution < 1.29 is 18.4 Å². The van der Waals surface area contributed by atoms with Gasteiger partial charge >= 0.3 is 0 Å². The van der Waals surface area contributed by atoms with Crippen molar-refractivity contribution in [3.05, 3.63) is 35.5 Å². The predicted molar refractivity (Wildman–Crippen MR) is 123 cm³/mol. The van der Waals surface area contributed by atoms with E-state index in [0.717, 1.165) is 43.3 Å². The summed E-state index contributed by atoms with van der Waals surface area (Å²) in [6, 6.07) is 0. The molecule has 3 aliphatic carbocycles. The van der Waals surface area contributed by atoms with Crippen LogP contribution in [-0.2, 0) is 0 Å². The van der Waals surface area contributed by atoms with Crippen LogP contribution in [0.2, 0.25) is 0 Å². The Labute approximate surface area is 187 Å². The molecule has 2 N–H and O–H groups in total. The molecular formula is C27H44O2. The highest BCUT2D eigenvalue weighted by atomic mass is 16.3. The SMILES string of the molecule is [2H]C([2H])([2H])C(CCC[C@@H](C)[C@H]1CC[C@H]2C(=CC=C3C[C@@H](O)C[C@H](O)C3=C)CCC[C@]12C)C([2H])([2H])[2H]. The molecule has 0 heterocycles. The van der Waals surface area contributed by atoms with Crippen LogP contribution in [0.25, 0.3) is 0 Å². The van der Waals surface area contributed by atoms with Gasteiger partial charge in [0, 0.05) is 14.6 Å². The van der Waals surface area contributed by atoms with Crippen LogP contribution in [0.5, 0.6) is 0 Å². The summed E-state index contributed by atoms with van der Waals surface area (Å²) in [4.78, 5) is 0. The van der Waals surface area contributed by atoms with Crippen molar-refractivity contribution in [1.29, 1.82) is 0 Å². The molecule has 29 heavy (non-hydrogen) atoms. The van der Waals surface area contributed by atoms with Gasteiger partial charge in [-0.3, -0.25) is 0 Å². The fourth-order valence-electron chi connectivity index (χ4n) is 6.52. The van der Waals surface area contributed by atoms with Crippen LogP contribution in [0.4, 0.5) is 0 Å². The average molecular weight is 407 g/mol. The molecule has 0 radical (unpaired) electrons. The van der Waals surface area contributed by atoms with Gasteiger partial charge in [0.2, 0.25) is 0 Å². The van der Waals surface area contributed by atoms with E-state index < -0.39 is 31.8 Å². The lowest BCUT2D eigenvalue weighted by molar-refractivity contribution is 0.0861. The van der Waals surface area contributed by atoms with Crippen LogP contribution < -0.4 is 0 Å². The van der Waals surface area contributed by atoms with E-state index >= 15 is 0 Å². The highest BCUT2D eigenvalue weighted by Crippen LogP contribution is 2.59. The van der Waals surface area contributed by atoms with E-state index in [1.165, 1.54) is 12.0 Å². The Hall–Kier alpha value is -0.860. The smallest absolute Gasteiger partial charge is 0.0811 e. The molecule has 0 spiro atoms. The molecule has 2 nitrogen and oxygen atoms in total. The molecule has 0 saturated heterocycles. The molecule has 2 heteroatoms. The molecule has 164 valence electrons. The van der Waals surface area contributed by atoms with Crippen molar-refractivity contribution in [2.24, 2.45) is 29.1 Å². The second-order valence-corrected chi connectivity index (χ2v) is 10.1. The molecule has 0 aromatic rings. The van der Waals surface area contributed by atoms with Crippen LogP contribution in [0.3, 0.4) is 0 Å². The Balaban J connectivity index is 1.67. The molecule has 3 rings (SSSR count). The first kappa shape index (κ1) is 15.9. The topological polar surface area (TPSA) is 40.5 Å². The number of aliphatic hydroxyl groups excluding tert-OH is 2. The summed E-state index contributed by atoms with van der Waals surface area (Å²) in [5.41, 5.74) is 3.30. The van der Waals surface area contributed by atoms with Gasteiger partial charge in [-0.2, -0.15) is 0 Å². The number of aliphatic hydroxyl groups is 2. The van der Waals surface area contributed by atoms with Gasteiger partial charge in [0.25, 0.3) is 0 Å². The number of rotatable bonds is 6. The zero-order valence-corrected chi connectivity index (χ0v) is 18.3. The van der Waals surface area contributed by atoms with Crippen LogP contribution >= 0.6 is 0 Å². The van der Waals surface area contributed by atoms with Gasteiger partial charge in [-0.25, -0.2) is 0 Å². The molecule has 0 aromatic heterocycles. The molecule has 3 saturated carbocycles. The highest BCUT2D eigenvalue weighted by molar-refractivity contribution is 5.38. The molecule has 0 unspecified atom stereocenters. The van der Waals surface area contributed by atoms with Crippen molar-refractivity contribution in [2.75, 3.05) is 0 Å². The monoisotopic (exact) mass is 406 g/mol. The first-order valence-electron chi connectivity index (χ1n) is 14.6. The van der Waals surface area contributed by atoms with Gasteiger partial charge < -0.3 is 10.2 Å². The second kappa shape index (κ2) is 9.52. The molecular weight excluding hydrogens is 356 g/mol. The first-order chi connectivity index (χ1) is 16.1. The third kappa shape index (κ3) is 5.07. The first-order valence-corrected chi connectivity index (χ1v) is 11.6. The maximum atomic E-state index is 10.2. The molecule has 0 amide bonds. The van der Waals surface area contributed by atoms with Crippen molar-refractivity contribution in [3.8, 4) is 0 Å². The van der Waals surface area contributed by atoms with Gasteiger partial charge in [-0.15, -0.1) is 0 Å². The zero-order valence-electron chi connectivity index (χ0n) is 24.3. The van der Waals surface area contributed by atoms with E-state index in [-0.39, 0.29) is 11.8 Å². The standard InChI is InChI=1S/C27H44O2/c1-18(2)8-6-9-19(3)24-13-14-25-21(10-7-15-27(24,25)5)11-12-22-16-23(28)17-26(29)20(22)4/h11-12,18-19,23-26,28-29H,4,6-10,13-17H2,1-3,5H3/t19-,23-,24-,25+,26+,27-/m1/s1/i1D3,2D3. The Morgan fingerprint density at radius 3 is 2.79 bits per heavy atom. The molecule has 0 bridgehead atoms. The van der Waals surface area contributed by atoms with Crippen LogP contribution in [-0.4, -0.2) is 22.4 Å². The molecule has 3 fully saturated rings. The summed E-state index contributed by atoms with van der Waals surface area (Å²) in [5, 5.41) is 20.2. The summed E-state index contributed by atoms with van der Waals surface area (Å²) >= 11 is 0. The fraction of sp³-hybridized carbons (Fsp3) is 0.778. The van der Waals surface area contributed by atoms with E-state index in [9.17, 15) is 10.2 Å². The summed E-state index contributed by atoms with van der Waals surface area (Å²) in [7, 11) is 0. The second-order valence-electron chi connectivity index (χ2n) is 10.1. The van der Waals surface area contributed by atoms with Crippen LogP contribution in [0.15, 0.2) is 35.5 Å². The van der Waals surface area contributed by atoms with Gasteiger partial charge in [0.1, 0.15) is 0 Å². The Bertz CT molecular complexity index is 813. The molecule has 0 aliphatic heterocycles. The third-order valence-electron chi connectivity index (χ3n) is 8.14. The quantitative estimate of drug-likeness (QED) is 0.522. The lowest BCUT2D eigenvalue weighted by atomic mass is 9.60. The Kier molecular flexibility index (Phi) is 5.21. The highest BCUT2D eigenvalue weighted by Gasteiger charge is 2.50. The third-order valence-corrected chi connectivity index (χ3v) is 8.14. The summed E-state index contributed by atoms with van der Waals surface area (Å²) < 4.78 is 45.9. The number of fused-ring (bicyclic) bond motifs is 1. The normalized spacial score (nSPS) is 43.3. The van der Waals surface area contributed by atoms with Crippen LogP contribution in [0.1, 0.15) is 100.0 Å². The van der Waals surface area contributed by atoms with Crippen molar-refractivity contribution in [2.45, 2.75) is 104 Å². The maximum absolute atomic E-state index is 10.2. The molecule has 0 aromatic carbocycles. The number of hydrogen-bond donors (Lipinski definition) is 2. The minimum Gasteiger partial charge on any atom is -0.393 e.